The van der Waals surface area contributed by atoms with Crippen LogP contribution in [-0.4, -0.2) is 29.0 Å². The van der Waals surface area contributed by atoms with Crippen LogP contribution in [0.2, 0.25) is 0 Å². The van der Waals surface area contributed by atoms with Crippen LogP contribution < -0.4 is 20.7 Å². The van der Waals surface area contributed by atoms with Crippen molar-refractivity contribution < 1.29 is 13.9 Å². The molecule has 0 bridgehead atoms. The van der Waals surface area contributed by atoms with Crippen LogP contribution in [0.25, 0.3) is 10.4 Å². The first-order valence-corrected chi connectivity index (χ1v) is 9.41. The normalized spacial score (nSPS) is 9.91. The van der Waals surface area contributed by atoms with E-state index in [2.05, 4.69) is 42.5 Å². The smallest absolute Gasteiger partial charge is 0.247 e. The Bertz CT molecular complexity index is 1150. The van der Waals surface area contributed by atoms with E-state index in [9.17, 15) is 9.18 Å². The van der Waals surface area contributed by atoms with Gasteiger partial charge in [0.2, 0.25) is 11.9 Å². The third kappa shape index (κ3) is 6.44. The maximum absolute atomic E-state index is 14.2. The molecule has 162 valence electrons. The Morgan fingerprint density at radius 3 is 2.72 bits per heavy atom. The molecule has 1 heterocycles. The molecule has 3 rings (SSSR count). The first-order valence-electron chi connectivity index (χ1n) is 9.41. The molecular formula is C21H19FN8O2. The van der Waals surface area contributed by atoms with Crippen molar-refractivity contribution in [2.45, 2.75) is 0 Å². The van der Waals surface area contributed by atoms with Gasteiger partial charge in [0.15, 0.2) is 11.6 Å². The zero-order chi connectivity index (χ0) is 22.8. The molecule has 3 N–H and O–H groups in total. The number of carbonyl (C=O) groups is 1. The second-order valence-corrected chi connectivity index (χ2v) is 6.24. The fourth-order valence-electron chi connectivity index (χ4n) is 2.53. The lowest BCUT2D eigenvalue weighted by Crippen LogP contribution is -2.07. The van der Waals surface area contributed by atoms with Crippen molar-refractivity contribution in [2.24, 2.45) is 5.11 Å². The standard InChI is InChI=1S/C21H19FN8O2/c1-2-19(31)26-15-4-3-5-16(12-15)27-20-18(22)13-24-21(29-20)28-14-6-8-17(9-7-14)32-11-10-25-30-23/h2-9,12-13H,1,10-11H2,(H,26,31)(H2,24,27,28,29). The molecule has 0 saturated heterocycles. The Kier molecular flexibility index (Phi) is 7.55. The summed E-state index contributed by atoms with van der Waals surface area (Å²) in [5.74, 6) is -0.238. The van der Waals surface area contributed by atoms with Crippen molar-refractivity contribution in [2.75, 3.05) is 29.1 Å². The molecule has 0 atom stereocenters. The Morgan fingerprint density at radius 2 is 1.97 bits per heavy atom. The number of azide groups is 1. The third-order valence-corrected chi connectivity index (χ3v) is 3.96. The van der Waals surface area contributed by atoms with E-state index in [0.29, 0.717) is 22.8 Å². The quantitative estimate of drug-likeness (QED) is 0.136. The van der Waals surface area contributed by atoms with Gasteiger partial charge in [-0.3, -0.25) is 4.79 Å². The number of anilines is 5. The van der Waals surface area contributed by atoms with Gasteiger partial charge < -0.3 is 20.7 Å². The Morgan fingerprint density at radius 1 is 1.19 bits per heavy atom. The minimum Gasteiger partial charge on any atom is -0.493 e. The number of nitrogens with one attached hydrogen (secondary N) is 3. The number of ether oxygens (including phenoxy) is 1. The third-order valence-electron chi connectivity index (χ3n) is 3.96. The van der Waals surface area contributed by atoms with E-state index in [1.807, 2.05) is 0 Å². The average Bonchev–Trinajstić information content (AvgIpc) is 2.80. The molecule has 3 aromatic rings. The summed E-state index contributed by atoms with van der Waals surface area (Å²) in [5, 5.41) is 11.9. The van der Waals surface area contributed by atoms with E-state index in [4.69, 9.17) is 10.3 Å². The average molecular weight is 434 g/mol. The van der Waals surface area contributed by atoms with Gasteiger partial charge in [-0.1, -0.05) is 17.8 Å². The molecule has 0 aliphatic heterocycles. The molecule has 0 fully saturated rings. The molecule has 2 aromatic carbocycles. The maximum Gasteiger partial charge on any atom is 0.247 e. The molecule has 0 aliphatic rings. The number of aromatic nitrogens is 2. The summed E-state index contributed by atoms with van der Waals surface area (Å²) in [7, 11) is 0. The molecule has 0 spiro atoms. The molecule has 0 saturated carbocycles. The van der Waals surface area contributed by atoms with Gasteiger partial charge in [0, 0.05) is 22.0 Å². The van der Waals surface area contributed by atoms with Gasteiger partial charge in [0.1, 0.15) is 5.75 Å². The fraction of sp³-hybridized carbons (Fsp3) is 0.0952. The van der Waals surface area contributed by atoms with Gasteiger partial charge in [-0.2, -0.15) is 4.98 Å². The van der Waals surface area contributed by atoms with Gasteiger partial charge in [-0.15, -0.1) is 0 Å². The molecule has 0 unspecified atom stereocenters. The molecule has 10 nitrogen and oxygen atoms in total. The summed E-state index contributed by atoms with van der Waals surface area (Å²) in [6, 6.07) is 13.7. The predicted octanol–water partition coefficient (Wildman–Crippen LogP) is 4.92. The highest BCUT2D eigenvalue weighted by Crippen LogP contribution is 2.23. The zero-order valence-corrected chi connectivity index (χ0v) is 16.8. The minimum atomic E-state index is -0.639. The number of hydrogen-bond acceptors (Lipinski definition) is 7. The molecule has 11 heteroatoms. The van der Waals surface area contributed by atoms with Crippen LogP contribution in [-0.2, 0) is 4.79 Å². The van der Waals surface area contributed by atoms with Crippen molar-refractivity contribution >= 4 is 34.7 Å². The minimum absolute atomic E-state index is 0.0345. The van der Waals surface area contributed by atoms with E-state index in [1.54, 1.807) is 48.5 Å². The predicted molar refractivity (Wildman–Crippen MR) is 120 cm³/mol. The Balaban J connectivity index is 1.67. The van der Waals surface area contributed by atoms with Crippen LogP contribution >= 0.6 is 0 Å². The monoisotopic (exact) mass is 434 g/mol. The lowest BCUT2D eigenvalue weighted by atomic mass is 10.2. The van der Waals surface area contributed by atoms with E-state index >= 15 is 0 Å². The highest BCUT2D eigenvalue weighted by Gasteiger charge is 2.09. The fourth-order valence-corrected chi connectivity index (χ4v) is 2.53. The van der Waals surface area contributed by atoms with Crippen molar-refractivity contribution in [3.63, 3.8) is 0 Å². The summed E-state index contributed by atoms with van der Waals surface area (Å²) >= 11 is 0. The van der Waals surface area contributed by atoms with Gasteiger partial charge in [0.05, 0.1) is 19.3 Å². The molecule has 0 aliphatic carbocycles. The Labute approximate surface area is 182 Å². The zero-order valence-electron chi connectivity index (χ0n) is 16.8. The molecule has 32 heavy (non-hydrogen) atoms. The second-order valence-electron chi connectivity index (χ2n) is 6.24. The summed E-state index contributed by atoms with van der Waals surface area (Å²) in [4.78, 5) is 22.2. The van der Waals surface area contributed by atoms with Crippen LogP contribution in [0.3, 0.4) is 0 Å². The van der Waals surface area contributed by atoms with Gasteiger partial charge in [0.25, 0.3) is 0 Å². The number of benzene rings is 2. The van der Waals surface area contributed by atoms with Gasteiger partial charge in [-0.25, -0.2) is 9.37 Å². The lowest BCUT2D eigenvalue weighted by Gasteiger charge is -2.11. The lowest BCUT2D eigenvalue weighted by molar-refractivity contribution is -0.111. The van der Waals surface area contributed by atoms with Gasteiger partial charge >= 0.3 is 0 Å². The van der Waals surface area contributed by atoms with Crippen LogP contribution in [0.1, 0.15) is 0 Å². The number of rotatable bonds is 10. The van der Waals surface area contributed by atoms with E-state index in [-0.39, 0.29) is 30.8 Å². The molecule has 1 amide bonds. The van der Waals surface area contributed by atoms with Crippen LogP contribution in [0.15, 0.2) is 72.5 Å². The number of amides is 1. The summed E-state index contributed by atoms with van der Waals surface area (Å²) in [6.45, 7) is 3.91. The summed E-state index contributed by atoms with van der Waals surface area (Å²) in [6.07, 6.45) is 2.21. The number of carbonyl (C=O) groups excluding carboxylic acids is 1. The highest BCUT2D eigenvalue weighted by molar-refractivity contribution is 5.99. The second kappa shape index (κ2) is 11.0. The summed E-state index contributed by atoms with van der Waals surface area (Å²) < 4.78 is 19.7. The first-order chi connectivity index (χ1) is 15.6. The highest BCUT2D eigenvalue weighted by atomic mass is 19.1. The number of nitrogens with zero attached hydrogens (tertiary/aromatic N) is 5. The van der Waals surface area contributed by atoms with Gasteiger partial charge in [-0.05, 0) is 54.1 Å². The van der Waals surface area contributed by atoms with Crippen molar-refractivity contribution in [1.82, 2.24) is 9.97 Å². The SMILES string of the molecule is C=CC(=O)Nc1cccc(Nc2nc(Nc3ccc(OCCN=[N+]=[N-])cc3)ncc2F)c1. The van der Waals surface area contributed by atoms with Crippen molar-refractivity contribution in [1.29, 1.82) is 0 Å². The number of hydrogen-bond donors (Lipinski definition) is 3. The van der Waals surface area contributed by atoms with Crippen LogP contribution in [0.4, 0.5) is 33.2 Å². The van der Waals surface area contributed by atoms with E-state index < -0.39 is 5.82 Å². The Hall–Kier alpha value is -4.63. The van der Waals surface area contributed by atoms with E-state index in [0.717, 1.165) is 12.3 Å². The molecule has 0 radical (unpaired) electrons. The maximum atomic E-state index is 14.2. The summed E-state index contributed by atoms with van der Waals surface area (Å²) in [5.41, 5.74) is 9.96. The largest absolute Gasteiger partial charge is 0.493 e. The topological polar surface area (TPSA) is 137 Å². The van der Waals surface area contributed by atoms with Crippen LogP contribution in [0.5, 0.6) is 5.75 Å². The van der Waals surface area contributed by atoms with Crippen LogP contribution in [0, 0.1) is 5.82 Å². The molecular weight excluding hydrogens is 415 g/mol. The first kappa shape index (κ1) is 22.1. The molecule has 1 aromatic heterocycles. The van der Waals surface area contributed by atoms with Crippen molar-refractivity contribution in [3.8, 4) is 5.75 Å². The number of halogens is 1. The van der Waals surface area contributed by atoms with Crippen molar-refractivity contribution in [3.05, 3.63) is 83.6 Å². The van der Waals surface area contributed by atoms with E-state index in [1.165, 1.54) is 0 Å².